The summed E-state index contributed by atoms with van der Waals surface area (Å²) in [5.74, 6) is -1.36. The number of carbonyl (C=O) groups excluding carboxylic acids is 1. The largest absolute Gasteiger partial charge is 0.469 e. The van der Waals surface area contributed by atoms with Gasteiger partial charge in [-0.25, -0.2) is 4.98 Å². The van der Waals surface area contributed by atoms with Gasteiger partial charge in [0.25, 0.3) is 0 Å². The maximum absolute atomic E-state index is 13.9. The van der Waals surface area contributed by atoms with Gasteiger partial charge in [-0.05, 0) is 17.0 Å². The molecule has 0 saturated heterocycles. The molecule has 0 aliphatic rings. The van der Waals surface area contributed by atoms with Crippen LogP contribution in [0.1, 0.15) is 27.2 Å². The van der Waals surface area contributed by atoms with E-state index in [1.54, 1.807) is 0 Å². The van der Waals surface area contributed by atoms with Crippen LogP contribution >= 0.6 is 23.2 Å². The zero-order chi connectivity index (χ0) is 15.5. The molecule has 0 saturated carbocycles. The predicted octanol–water partition coefficient (Wildman–Crippen LogP) is 3.31. The van der Waals surface area contributed by atoms with Crippen LogP contribution in [0, 0.1) is 11.2 Å². The highest BCUT2D eigenvalue weighted by molar-refractivity contribution is 6.32. The smallest absolute Gasteiger partial charge is 0.307 e. The maximum atomic E-state index is 13.9. The number of anilines is 1. The topological polar surface area (TPSA) is 64.1 Å². The fourth-order valence-electron chi connectivity index (χ4n) is 1.48. The van der Waals surface area contributed by atoms with Crippen molar-refractivity contribution in [1.82, 2.24) is 9.97 Å². The number of aromatic nitrogens is 2. The molecule has 0 bridgehead atoms. The summed E-state index contributed by atoms with van der Waals surface area (Å²) in [6, 6.07) is -0.411. The molecular weight excluding hydrogens is 308 g/mol. The summed E-state index contributed by atoms with van der Waals surface area (Å²) in [4.78, 5) is 18.7. The number of carbonyl (C=O) groups is 1. The van der Waals surface area contributed by atoms with Crippen LogP contribution < -0.4 is 5.32 Å². The minimum absolute atomic E-state index is 0.0542. The summed E-state index contributed by atoms with van der Waals surface area (Å²) in [5, 5.41) is 2.29. The first kappa shape index (κ1) is 16.9. The van der Waals surface area contributed by atoms with Crippen molar-refractivity contribution in [2.45, 2.75) is 33.2 Å². The molecule has 0 aliphatic carbocycles. The third-order valence-corrected chi connectivity index (χ3v) is 3.16. The summed E-state index contributed by atoms with van der Waals surface area (Å²) in [6.07, 6.45) is 0.0542. The van der Waals surface area contributed by atoms with Gasteiger partial charge in [0, 0.05) is 6.04 Å². The van der Waals surface area contributed by atoms with Gasteiger partial charge in [0.1, 0.15) is 0 Å². The van der Waals surface area contributed by atoms with Gasteiger partial charge in [-0.1, -0.05) is 32.4 Å². The van der Waals surface area contributed by atoms with E-state index in [9.17, 15) is 9.18 Å². The highest BCUT2D eigenvalue weighted by Crippen LogP contribution is 2.28. The van der Waals surface area contributed by atoms with Gasteiger partial charge in [0.2, 0.25) is 11.1 Å². The quantitative estimate of drug-likeness (QED) is 0.523. The molecule has 1 unspecified atom stereocenters. The van der Waals surface area contributed by atoms with Crippen molar-refractivity contribution in [3.63, 3.8) is 0 Å². The Morgan fingerprint density at radius 3 is 2.50 bits per heavy atom. The van der Waals surface area contributed by atoms with Crippen molar-refractivity contribution in [2.75, 3.05) is 12.4 Å². The van der Waals surface area contributed by atoms with Crippen molar-refractivity contribution in [2.24, 2.45) is 5.41 Å². The number of hydrogen-bond donors (Lipinski definition) is 1. The lowest BCUT2D eigenvalue weighted by atomic mass is 9.84. The summed E-state index contributed by atoms with van der Waals surface area (Å²) in [5.41, 5.74) is -0.343. The number of halogens is 3. The van der Waals surface area contributed by atoms with Crippen molar-refractivity contribution < 1.29 is 13.9 Å². The lowest BCUT2D eigenvalue weighted by Crippen LogP contribution is -2.37. The highest BCUT2D eigenvalue weighted by atomic mass is 35.5. The predicted molar refractivity (Wildman–Crippen MR) is 75.5 cm³/mol. The van der Waals surface area contributed by atoms with Crippen LogP contribution in [-0.4, -0.2) is 29.1 Å². The average Bonchev–Trinajstić information content (AvgIpc) is 2.32. The van der Waals surface area contributed by atoms with Crippen molar-refractivity contribution >= 4 is 35.0 Å². The maximum Gasteiger partial charge on any atom is 0.307 e. The number of methoxy groups -OCH3 is 1. The number of nitrogens with zero attached hydrogens (tertiary/aromatic N) is 2. The van der Waals surface area contributed by atoms with Crippen LogP contribution in [-0.2, 0) is 9.53 Å². The number of nitrogens with one attached hydrogen (secondary N) is 1. The molecule has 1 rings (SSSR count). The zero-order valence-corrected chi connectivity index (χ0v) is 13.1. The van der Waals surface area contributed by atoms with Crippen molar-refractivity contribution in [3.05, 3.63) is 16.3 Å². The first-order valence-electron chi connectivity index (χ1n) is 5.87. The summed E-state index contributed by atoms with van der Waals surface area (Å²) in [6.45, 7) is 5.70. The SMILES string of the molecule is COC(=O)CC(Nc1nc(Cl)nc(Cl)c1F)C(C)(C)C. The lowest BCUT2D eigenvalue weighted by molar-refractivity contribution is -0.141. The molecule has 1 N–H and O–H groups in total. The van der Waals surface area contributed by atoms with Crippen molar-refractivity contribution in [1.29, 1.82) is 0 Å². The molecule has 112 valence electrons. The summed E-state index contributed by atoms with van der Waals surface area (Å²) < 4.78 is 18.5. The molecule has 0 aliphatic heterocycles. The van der Waals surface area contributed by atoms with E-state index in [4.69, 9.17) is 23.2 Å². The third kappa shape index (κ3) is 4.45. The van der Waals surface area contributed by atoms with E-state index in [0.717, 1.165) is 0 Å². The van der Waals surface area contributed by atoms with Gasteiger partial charge in [0.05, 0.1) is 13.5 Å². The molecular formula is C12H16Cl2FN3O2. The Hall–Kier alpha value is -1.14. The van der Waals surface area contributed by atoms with Gasteiger partial charge < -0.3 is 10.1 Å². The van der Waals surface area contributed by atoms with Gasteiger partial charge in [-0.3, -0.25) is 4.79 Å². The normalized spacial score (nSPS) is 12.9. The van der Waals surface area contributed by atoms with Gasteiger partial charge >= 0.3 is 5.97 Å². The van der Waals surface area contributed by atoms with Crippen LogP contribution in [0.5, 0.6) is 0 Å². The molecule has 0 radical (unpaired) electrons. The second-order valence-corrected chi connectivity index (χ2v) is 5.99. The minimum atomic E-state index is -0.810. The molecule has 1 aromatic rings. The van der Waals surface area contributed by atoms with E-state index >= 15 is 0 Å². The second kappa shape index (κ2) is 6.54. The zero-order valence-electron chi connectivity index (χ0n) is 11.6. The molecule has 8 heteroatoms. The number of rotatable bonds is 4. The Labute approximate surface area is 126 Å². The van der Waals surface area contributed by atoms with Gasteiger partial charge in [-0.2, -0.15) is 9.37 Å². The van der Waals surface area contributed by atoms with Crippen LogP contribution in [0.3, 0.4) is 0 Å². The minimum Gasteiger partial charge on any atom is -0.469 e. The molecule has 20 heavy (non-hydrogen) atoms. The summed E-state index contributed by atoms with van der Waals surface area (Å²) >= 11 is 11.3. The van der Waals surface area contributed by atoms with Gasteiger partial charge in [0.15, 0.2) is 11.0 Å². The number of hydrogen-bond acceptors (Lipinski definition) is 5. The molecule has 0 spiro atoms. The van der Waals surface area contributed by atoms with E-state index in [1.165, 1.54) is 7.11 Å². The van der Waals surface area contributed by atoms with E-state index in [-0.39, 0.29) is 28.1 Å². The molecule has 1 atom stereocenters. The Morgan fingerprint density at radius 2 is 2.00 bits per heavy atom. The molecule has 0 aromatic carbocycles. The molecule has 0 fully saturated rings. The van der Waals surface area contributed by atoms with E-state index < -0.39 is 17.8 Å². The highest BCUT2D eigenvalue weighted by Gasteiger charge is 2.29. The monoisotopic (exact) mass is 323 g/mol. The Kier molecular flexibility index (Phi) is 5.53. The van der Waals surface area contributed by atoms with Crippen LogP contribution in [0.15, 0.2) is 0 Å². The third-order valence-electron chi connectivity index (χ3n) is 2.74. The first-order chi connectivity index (χ1) is 9.15. The Balaban J connectivity index is 3.04. The van der Waals surface area contributed by atoms with Crippen LogP contribution in [0.2, 0.25) is 10.4 Å². The summed E-state index contributed by atoms with van der Waals surface area (Å²) in [7, 11) is 1.29. The van der Waals surface area contributed by atoms with Crippen LogP contribution in [0.25, 0.3) is 0 Å². The fourth-order valence-corrected chi connectivity index (χ4v) is 1.86. The number of esters is 1. The average molecular weight is 324 g/mol. The number of ether oxygens (including phenoxy) is 1. The lowest BCUT2D eigenvalue weighted by Gasteiger charge is -2.31. The van der Waals surface area contributed by atoms with Crippen LogP contribution in [0.4, 0.5) is 10.2 Å². The van der Waals surface area contributed by atoms with E-state index in [1.807, 2.05) is 20.8 Å². The van der Waals surface area contributed by atoms with E-state index in [0.29, 0.717) is 0 Å². The second-order valence-electron chi connectivity index (χ2n) is 5.29. The molecule has 5 nitrogen and oxygen atoms in total. The first-order valence-corrected chi connectivity index (χ1v) is 6.62. The molecule has 1 aromatic heterocycles. The fraction of sp³-hybridized carbons (Fsp3) is 0.583. The molecule has 1 heterocycles. The van der Waals surface area contributed by atoms with E-state index in [2.05, 4.69) is 20.0 Å². The Bertz CT molecular complexity index is 506. The molecule has 0 amide bonds. The Morgan fingerprint density at radius 1 is 1.40 bits per heavy atom. The van der Waals surface area contributed by atoms with Crippen molar-refractivity contribution in [3.8, 4) is 0 Å². The standard InChI is InChI=1S/C12H16Cl2FN3O2/c1-12(2,3)6(5-7(19)20-4)16-10-8(15)9(13)17-11(14)18-10/h6H,5H2,1-4H3,(H,16,17,18). The van der Waals surface area contributed by atoms with Gasteiger partial charge in [-0.15, -0.1) is 0 Å².